The maximum absolute atomic E-state index is 12.8. The number of nitrogens with zero attached hydrogens (tertiary/aromatic N) is 2. The highest BCUT2D eigenvalue weighted by Gasteiger charge is 2.11. The number of carbonyl (C=O) groups excluding carboxylic acids is 1. The van der Waals surface area contributed by atoms with Gasteiger partial charge in [-0.15, -0.1) is 0 Å². The van der Waals surface area contributed by atoms with Crippen LogP contribution in [0.4, 0.5) is 4.39 Å². The van der Waals surface area contributed by atoms with Crippen molar-refractivity contribution in [2.75, 3.05) is 0 Å². The van der Waals surface area contributed by atoms with Crippen LogP contribution in [0.25, 0.3) is 11.0 Å². The molecule has 2 aromatic rings. The number of nitrogens with two attached hydrogens (primary N) is 1. The second kappa shape index (κ2) is 2.51. The van der Waals surface area contributed by atoms with Crippen molar-refractivity contribution in [3.05, 3.63) is 23.5 Å². The molecule has 0 bridgehead atoms. The number of H-pyrrole nitrogens is 1. The van der Waals surface area contributed by atoms with Crippen LogP contribution in [0.15, 0.2) is 12.1 Å². The number of amides is 1. The molecule has 0 saturated carbocycles. The third kappa shape index (κ3) is 1.12. The summed E-state index contributed by atoms with van der Waals surface area (Å²) in [6.07, 6.45) is 0. The minimum Gasteiger partial charge on any atom is -0.366 e. The maximum Gasteiger partial charge on any atom is 0.251 e. The molecule has 1 amide bonds. The molecule has 3 N–H and O–H groups in total. The van der Waals surface area contributed by atoms with Crippen LogP contribution in [0.5, 0.6) is 0 Å². The Morgan fingerprint density at radius 3 is 2.92 bits per heavy atom. The first-order valence-electron chi connectivity index (χ1n) is 3.48. The molecule has 0 fully saturated rings. The maximum atomic E-state index is 12.8. The topological polar surface area (TPSA) is 84.7 Å². The van der Waals surface area contributed by atoms with E-state index >= 15 is 0 Å². The Kier molecular flexibility index (Phi) is 1.48. The molecule has 0 aliphatic rings. The lowest BCUT2D eigenvalue weighted by atomic mass is 10.1. The fourth-order valence-corrected chi connectivity index (χ4v) is 1.10. The van der Waals surface area contributed by atoms with Crippen molar-refractivity contribution in [3.63, 3.8) is 0 Å². The molecule has 0 saturated heterocycles. The molecule has 66 valence electrons. The average molecular weight is 180 g/mol. The van der Waals surface area contributed by atoms with Crippen molar-refractivity contribution >= 4 is 16.9 Å². The van der Waals surface area contributed by atoms with Crippen molar-refractivity contribution in [1.82, 2.24) is 15.4 Å². The third-order valence-corrected chi connectivity index (χ3v) is 1.65. The lowest BCUT2D eigenvalue weighted by molar-refractivity contribution is 0.100. The van der Waals surface area contributed by atoms with Gasteiger partial charge < -0.3 is 5.73 Å². The minimum absolute atomic E-state index is 0.0313. The number of nitrogens with one attached hydrogen (secondary N) is 1. The van der Waals surface area contributed by atoms with E-state index in [2.05, 4.69) is 15.4 Å². The summed E-state index contributed by atoms with van der Waals surface area (Å²) in [7, 11) is 0. The van der Waals surface area contributed by atoms with Crippen molar-refractivity contribution < 1.29 is 9.18 Å². The van der Waals surface area contributed by atoms with Crippen molar-refractivity contribution in [2.45, 2.75) is 0 Å². The summed E-state index contributed by atoms with van der Waals surface area (Å²) in [4.78, 5) is 10.8. The zero-order chi connectivity index (χ0) is 9.42. The van der Waals surface area contributed by atoms with E-state index in [-0.39, 0.29) is 16.6 Å². The average Bonchev–Trinajstić information content (AvgIpc) is 2.49. The second-order valence-corrected chi connectivity index (χ2v) is 2.51. The molecule has 0 aliphatic heterocycles. The molecule has 1 heterocycles. The van der Waals surface area contributed by atoms with Crippen molar-refractivity contribution in [3.8, 4) is 0 Å². The van der Waals surface area contributed by atoms with Crippen LogP contribution >= 0.6 is 0 Å². The Morgan fingerprint density at radius 1 is 1.46 bits per heavy atom. The molecule has 1 aromatic heterocycles. The molecule has 0 aliphatic carbocycles. The van der Waals surface area contributed by atoms with Gasteiger partial charge in [-0.2, -0.15) is 15.4 Å². The van der Waals surface area contributed by atoms with Gasteiger partial charge in [0, 0.05) is 6.07 Å². The summed E-state index contributed by atoms with van der Waals surface area (Å²) in [6.45, 7) is 0. The predicted molar refractivity (Wildman–Crippen MR) is 42.4 cm³/mol. The summed E-state index contributed by atoms with van der Waals surface area (Å²) < 4.78 is 12.8. The van der Waals surface area contributed by atoms with E-state index < -0.39 is 11.7 Å². The Morgan fingerprint density at radius 2 is 2.23 bits per heavy atom. The number of halogens is 1. The smallest absolute Gasteiger partial charge is 0.251 e. The molecule has 1 aromatic carbocycles. The molecule has 0 unspecified atom stereocenters. The fraction of sp³-hybridized carbons (Fsp3) is 0. The summed E-state index contributed by atoms with van der Waals surface area (Å²) in [5.74, 6) is -1.28. The number of primary amides is 1. The number of rotatable bonds is 1. The molecule has 0 atom stereocenters. The van der Waals surface area contributed by atoms with Gasteiger partial charge in [-0.3, -0.25) is 4.79 Å². The molecular weight excluding hydrogens is 175 g/mol. The molecule has 13 heavy (non-hydrogen) atoms. The quantitative estimate of drug-likeness (QED) is 0.657. The molecule has 2 rings (SSSR count). The number of fused-ring (bicyclic) bond motifs is 1. The first-order chi connectivity index (χ1) is 6.18. The monoisotopic (exact) mass is 180 g/mol. The van der Waals surface area contributed by atoms with Gasteiger partial charge in [-0.25, -0.2) is 4.39 Å². The van der Waals surface area contributed by atoms with Gasteiger partial charge in [-0.05, 0) is 6.07 Å². The Hall–Kier alpha value is -1.98. The van der Waals surface area contributed by atoms with E-state index in [0.29, 0.717) is 0 Å². The highest BCUT2D eigenvalue weighted by Crippen LogP contribution is 2.15. The minimum atomic E-state index is -0.724. The predicted octanol–water partition coefficient (Wildman–Crippen LogP) is 0.196. The number of aromatic nitrogens is 3. The lowest BCUT2D eigenvalue weighted by Gasteiger charge is -1.95. The SMILES string of the molecule is NC(=O)c1cc(F)cc2n[nH]nc12. The van der Waals surface area contributed by atoms with Crippen LogP contribution in [0.2, 0.25) is 0 Å². The lowest BCUT2D eigenvalue weighted by Crippen LogP contribution is -2.11. The zero-order valence-electron chi connectivity index (χ0n) is 6.41. The second-order valence-electron chi connectivity index (χ2n) is 2.51. The van der Waals surface area contributed by atoms with Crippen LogP contribution in [0, 0.1) is 5.82 Å². The van der Waals surface area contributed by atoms with Crippen LogP contribution in [0.1, 0.15) is 10.4 Å². The van der Waals surface area contributed by atoms with Crippen LogP contribution in [-0.2, 0) is 0 Å². The van der Waals surface area contributed by atoms with E-state index in [9.17, 15) is 9.18 Å². The summed E-state index contributed by atoms with van der Waals surface area (Å²) >= 11 is 0. The van der Waals surface area contributed by atoms with E-state index in [1.165, 1.54) is 6.07 Å². The van der Waals surface area contributed by atoms with Crippen LogP contribution in [0.3, 0.4) is 0 Å². The Balaban J connectivity index is 2.84. The van der Waals surface area contributed by atoms with Gasteiger partial charge in [0.1, 0.15) is 16.9 Å². The summed E-state index contributed by atoms with van der Waals surface area (Å²) in [5.41, 5.74) is 5.62. The number of carbonyl (C=O) groups is 1. The van der Waals surface area contributed by atoms with Gasteiger partial charge in [0.15, 0.2) is 0 Å². The fourth-order valence-electron chi connectivity index (χ4n) is 1.10. The zero-order valence-corrected chi connectivity index (χ0v) is 6.41. The number of benzene rings is 1. The number of aromatic amines is 1. The number of hydrogen-bond acceptors (Lipinski definition) is 3. The molecule has 5 nitrogen and oxygen atoms in total. The highest BCUT2D eigenvalue weighted by atomic mass is 19.1. The summed E-state index contributed by atoms with van der Waals surface area (Å²) in [5, 5.41) is 9.60. The van der Waals surface area contributed by atoms with Gasteiger partial charge in [0.05, 0.1) is 5.56 Å². The largest absolute Gasteiger partial charge is 0.366 e. The van der Waals surface area contributed by atoms with E-state index in [4.69, 9.17) is 5.73 Å². The third-order valence-electron chi connectivity index (χ3n) is 1.65. The molecule has 0 radical (unpaired) electrons. The molecule has 0 spiro atoms. The highest BCUT2D eigenvalue weighted by molar-refractivity contribution is 6.03. The van der Waals surface area contributed by atoms with E-state index in [1.54, 1.807) is 0 Å². The van der Waals surface area contributed by atoms with Crippen molar-refractivity contribution in [1.29, 1.82) is 0 Å². The van der Waals surface area contributed by atoms with Crippen LogP contribution < -0.4 is 5.73 Å². The molecule has 6 heteroatoms. The molecular formula is C7H5FN4O. The number of hydrogen-bond donors (Lipinski definition) is 2. The summed E-state index contributed by atoms with van der Waals surface area (Å²) in [6, 6.07) is 2.21. The standard InChI is InChI=1S/C7H5FN4O/c8-3-1-4(7(9)13)6-5(2-3)10-12-11-6/h1-2H,(H2,9,13)(H,10,11,12). The van der Waals surface area contributed by atoms with Gasteiger partial charge >= 0.3 is 0 Å². The van der Waals surface area contributed by atoms with E-state index in [1.807, 2.05) is 0 Å². The van der Waals surface area contributed by atoms with Gasteiger partial charge in [0.25, 0.3) is 5.91 Å². The first-order valence-corrected chi connectivity index (χ1v) is 3.48. The van der Waals surface area contributed by atoms with Gasteiger partial charge in [-0.1, -0.05) is 0 Å². The Labute approximate surface area is 71.7 Å². The Bertz CT molecular complexity index is 478. The normalized spacial score (nSPS) is 10.5. The van der Waals surface area contributed by atoms with Crippen LogP contribution in [-0.4, -0.2) is 21.3 Å². The first kappa shape index (κ1) is 7.66. The van der Waals surface area contributed by atoms with Gasteiger partial charge in [0.2, 0.25) is 0 Å². The van der Waals surface area contributed by atoms with Crippen molar-refractivity contribution in [2.24, 2.45) is 5.73 Å². The van der Waals surface area contributed by atoms with E-state index in [0.717, 1.165) is 6.07 Å².